The quantitative estimate of drug-likeness (QED) is 0.926. The standard InChI is InChI=1S/C14H17ClN2O/c1-14(2,16)8-9-4-6-11-10(13(9)15)5-7-12(17-11)18-3/h4-7H,8,16H2,1-3H3. The highest BCUT2D eigenvalue weighted by molar-refractivity contribution is 6.36. The number of fused-ring (bicyclic) bond motifs is 1. The van der Waals surface area contributed by atoms with Crippen molar-refractivity contribution in [1.29, 1.82) is 0 Å². The van der Waals surface area contributed by atoms with Crippen molar-refractivity contribution in [2.24, 2.45) is 5.73 Å². The minimum absolute atomic E-state index is 0.281. The van der Waals surface area contributed by atoms with Gasteiger partial charge in [0.2, 0.25) is 5.88 Å². The Bertz CT molecular complexity index is 576. The van der Waals surface area contributed by atoms with Crippen molar-refractivity contribution in [1.82, 2.24) is 4.98 Å². The first-order chi connectivity index (χ1) is 8.40. The number of ether oxygens (including phenoxy) is 1. The van der Waals surface area contributed by atoms with Crippen molar-refractivity contribution in [3.05, 3.63) is 34.9 Å². The number of methoxy groups -OCH3 is 1. The molecule has 1 heterocycles. The first-order valence-electron chi connectivity index (χ1n) is 5.82. The Morgan fingerprint density at radius 1 is 1.28 bits per heavy atom. The molecule has 2 rings (SSSR count). The van der Waals surface area contributed by atoms with Crippen LogP contribution in [-0.4, -0.2) is 17.6 Å². The van der Waals surface area contributed by atoms with Crippen LogP contribution in [0, 0.1) is 0 Å². The molecule has 2 N–H and O–H groups in total. The number of benzene rings is 1. The number of rotatable bonds is 3. The van der Waals surface area contributed by atoms with Crippen LogP contribution in [-0.2, 0) is 6.42 Å². The number of nitrogens with zero attached hydrogens (tertiary/aromatic N) is 1. The average Bonchev–Trinajstić information content (AvgIpc) is 2.31. The Kier molecular flexibility index (Phi) is 3.46. The summed E-state index contributed by atoms with van der Waals surface area (Å²) >= 11 is 6.41. The maximum absolute atomic E-state index is 6.41. The monoisotopic (exact) mass is 264 g/mol. The molecule has 0 aliphatic carbocycles. The van der Waals surface area contributed by atoms with Crippen molar-refractivity contribution in [3.8, 4) is 5.88 Å². The average molecular weight is 265 g/mol. The van der Waals surface area contributed by atoms with Gasteiger partial charge >= 0.3 is 0 Å². The summed E-state index contributed by atoms with van der Waals surface area (Å²) in [5.74, 6) is 0.588. The normalized spacial score (nSPS) is 11.8. The summed E-state index contributed by atoms with van der Waals surface area (Å²) in [6.07, 6.45) is 0.730. The van der Waals surface area contributed by atoms with Crippen LogP contribution in [0.1, 0.15) is 19.4 Å². The van der Waals surface area contributed by atoms with Gasteiger partial charge in [-0.3, -0.25) is 0 Å². The fraction of sp³-hybridized carbons (Fsp3) is 0.357. The predicted octanol–water partition coefficient (Wildman–Crippen LogP) is 3.18. The zero-order valence-corrected chi connectivity index (χ0v) is 11.6. The molecule has 96 valence electrons. The molecule has 0 atom stereocenters. The van der Waals surface area contributed by atoms with Gasteiger partial charge in [-0.05, 0) is 38.0 Å². The number of nitrogens with two attached hydrogens (primary N) is 1. The Morgan fingerprint density at radius 3 is 2.61 bits per heavy atom. The molecule has 1 aromatic heterocycles. The maximum Gasteiger partial charge on any atom is 0.213 e. The van der Waals surface area contributed by atoms with Crippen molar-refractivity contribution in [2.45, 2.75) is 25.8 Å². The van der Waals surface area contributed by atoms with Crippen LogP contribution in [0.2, 0.25) is 5.02 Å². The lowest BCUT2D eigenvalue weighted by molar-refractivity contribution is 0.399. The molecule has 0 bridgehead atoms. The van der Waals surface area contributed by atoms with Gasteiger partial charge in [-0.2, -0.15) is 0 Å². The molecular formula is C14H17ClN2O. The molecule has 4 heteroatoms. The van der Waals surface area contributed by atoms with Crippen LogP contribution in [0.25, 0.3) is 10.9 Å². The van der Waals surface area contributed by atoms with Crippen LogP contribution in [0.4, 0.5) is 0 Å². The van der Waals surface area contributed by atoms with E-state index < -0.39 is 0 Å². The Labute approximate surface area is 112 Å². The van der Waals surface area contributed by atoms with E-state index in [0.717, 1.165) is 27.9 Å². The van der Waals surface area contributed by atoms with Crippen LogP contribution in [0.5, 0.6) is 5.88 Å². The highest BCUT2D eigenvalue weighted by atomic mass is 35.5. The van der Waals surface area contributed by atoms with E-state index in [1.54, 1.807) is 7.11 Å². The number of aromatic nitrogens is 1. The van der Waals surface area contributed by atoms with Gasteiger partial charge in [0.25, 0.3) is 0 Å². The summed E-state index contributed by atoms with van der Waals surface area (Å²) in [5.41, 5.74) is 7.63. The minimum atomic E-state index is -0.281. The van der Waals surface area contributed by atoms with Gasteiger partial charge in [0.05, 0.1) is 17.6 Å². The molecular weight excluding hydrogens is 248 g/mol. The molecule has 2 aromatic rings. The molecule has 0 unspecified atom stereocenters. The summed E-state index contributed by atoms with van der Waals surface area (Å²) in [7, 11) is 1.60. The van der Waals surface area contributed by atoms with E-state index in [1.807, 2.05) is 38.1 Å². The minimum Gasteiger partial charge on any atom is -0.481 e. The second-order valence-corrected chi connectivity index (χ2v) is 5.50. The highest BCUT2D eigenvalue weighted by Crippen LogP contribution is 2.29. The molecule has 0 spiro atoms. The van der Waals surface area contributed by atoms with Gasteiger partial charge < -0.3 is 10.5 Å². The molecule has 0 fully saturated rings. The van der Waals surface area contributed by atoms with Gasteiger partial charge in [-0.15, -0.1) is 0 Å². The first-order valence-corrected chi connectivity index (χ1v) is 6.19. The van der Waals surface area contributed by atoms with E-state index in [-0.39, 0.29) is 5.54 Å². The lowest BCUT2D eigenvalue weighted by Crippen LogP contribution is -2.34. The lowest BCUT2D eigenvalue weighted by atomic mass is 9.95. The summed E-state index contributed by atoms with van der Waals surface area (Å²) < 4.78 is 5.10. The third-order valence-corrected chi connectivity index (χ3v) is 3.16. The van der Waals surface area contributed by atoms with Crippen molar-refractivity contribution in [3.63, 3.8) is 0 Å². The number of hydrogen-bond donors (Lipinski definition) is 1. The SMILES string of the molecule is COc1ccc2c(Cl)c(CC(C)(C)N)ccc2n1. The molecule has 0 saturated heterocycles. The van der Waals surface area contributed by atoms with Gasteiger partial charge in [0.1, 0.15) is 0 Å². The molecule has 1 aromatic carbocycles. The third-order valence-electron chi connectivity index (χ3n) is 2.72. The van der Waals surface area contributed by atoms with Crippen LogP contribution in [0.3, 0.4) is 0 Å². The van der Waals surface area contributed by atoms with Gasteiger partial charge in [0.15, 0.2) is 0 Å². The molecule has 0 amide bonds. The van der Waals surface area contributed by atoms with Crippen molar-refractivity contribution >= 4 is 22.5 Å². The highest BCUT2D eigenvalue weighted by Gasteiger charge is 2.15. The van der Waals surface area contributed by atoms with Gasteiger partial charge in [-0.1, -0.05) is 17.7 Å². The van der Waals surface area contributed by atoms with Gasteiger partial charge in [-0.25, -0.2) is 4.98 Å². The topological polar surface area (TPSA) is 48.1 Å². The zero-order valence-electron chi connectivity index (χ0n) is 10.8. The maximum atomic E-state index is 6.41. The molecule has 18 heavy (non-hydrogen) atoms. The Balaban J connectivity index is 2.51. The smallest absolute Gasteiger partial charge is 0.213 e. The van der Waals surface area contributed by atoms with Crippen LogP contribution < -0.4 is 10.5 Å². The first kappa shape index (κ1) is 13.1. The largest absolute Gasteiger partial charge is 0.481 e. The summed E-state index contributed by atoms with van der Waals surface area (Å²) in [5, 5.41) is 1.65. The number of pyridine rings is 1. The third kappa shape index (κ3) is 2.74. The Morgan fingerprint density at radius 2 is 2.00 bits per heavy atom. The molecule has 0 aliphatic heterocycles. The van der Waals surface area contributed by atoms with E-state index in [1.165, 1.54) is 0 Å². The van der Waals surface area contributed by atoms with Crippen molar-refractivity contribution in [2.75, 3.05) is 7.11 Å². The zero-order chi connectivity index (χ0) is 13.3. The fourth-order valence-electron chi connectivity index (χ4n) is 1.94. The Hall–Kier alpha value is -1.32. The van der Waals surface area contributed by atoms with E-state index in [0.29, 0.717) is 5.88 Å². The van der Waals surface area contributed by atoms with Crippen molar-refractivity contribution < 1.29 is 4.74 Å². The second-order valence-electron chi connectivity index (χ2n) is 5.12. The fourth-order valence-corrected chi connectivity index (χ4v) is 2.23. The van der Waals surface area contributed by atoms with E-state index in [4.69, 9.17) is 22.1 Å². The second kappa shape index (κ2) is 4.75. The predicted molar refractivity (Wildman–Crippen MR) is 75.3 cm³/mol. The summed E-state index contributed by atoms with van der Waals surface area (Å²) in [6, 6.07) is 7.67. The van der Waals surface area contributed by atoms with Crippen LogP contribution >= 0.6 is 11.6 Å². The summed E-state index contributed by atoms with van der Waals surface area (Å²) in [6.45, 7) is 3.97. The number of halogens is 1. The molecule has 0 radical (unpaired) electrons. The van der Waals surface area contributed by atoms with Gasteiger partial charge in [0, 0.05) is 17.0 Å². The summed E-state index contributed by atoms with van der Waals surface area (Å²) in [4.78, 5) is 4.35. The molecule has 3 nitrogen and oxygen atoms in total. The van der Waals surface area contributed by atoms with E-state index in [9.17, 15) is 0 Å². The van der Waals surface area contributed by atoms with Crippen LogP contribution in [0.15, 0.2) is 24.3 Å². The van der Waals surface area contributed by atoms with E-state index in [2.05, 4.69) is 4.98 Å². The lowest BCUT2D eigenvalue weighted by Gasteiger charge is -2.19. The molecule has 0 aliphatic rings. The van der Waals surface area contributed by atoms with E-state index >= 15 is 0 Å². The number of hydrogen-bond acceptors (Lipinski definition) is 3. The molecule has 0 saturated carbocycles.